The Labute approximate surface area is 247 Å². The molecule has 0 saturated carbocycles. The highest BCUT2D eigenvalue weighted by Gasteiger charge is 2.48. The molecule has 0 N–H and O–H groups in total. The predicted molar refractivity (Wildman–Crippen MR) is 181 cm³/mol. The summed E-state index contributed by atoms with van der Waals surface area (Å²) >= 11 is 0. The van der Waals surface area contributed by atoms with Gasteiger partial charge in [-0.15, -0.1) is 0 Å². The van der Waals surface area contributed by atoms with Gasteiger partial charge in [0.25, 0.3) is 0 Å². The summed E-state index contributed by atoms with van der Waals surface area (Å²) in [5.41, 5.74) is 16.1. The van der Waals surface area contributed by atoms with Gasteiger partial charge < -0.3 is 0 Å². The number of hydrogen-bond acceptors (Lipinski definition) is 0. The number of rotatable bonds is 8. The van der Waals surface area contributed by atoms with Crippen molar-refractivity contribution >= 4 is 24.7 Å². The standard InChI is InChI=1S/C39H52Si/c1-13-28(7)33-21-34(29(8)14-2)23-35(22-33)38-31(10)30(9)32(11)39(38,12)40(36-17-24(3)15-25(4)18-36)37-19-26(5)16-27(6)20-37/h15-23,28-29,40H,13-14H2,1-12H3. The van der Waals surface area contributed by atoms with Crippen molar-refractivity contribution in [2.45, 2.75) is 113 Å². The minimum Gasteiger partial charge on any atom is -0.0648 e. The number of aryl methyl sites for hydroxylation is 4. The van der Waals surface area contributed by atoms with E-state index in [2.05, 4.69) is 138 Å². The fraction of sp³-hybridized carbons (Fsp3) is 0.436. The zero-order chi connectivity index (χ0) is 29.5. The highest BCUT2D eigenvalue weighted by molar-refractivity contribution is 6.90. The summed E-state index contributed by atoms with van der Waals surface area (Å²) in [4.78, 5) is 0. The second-order valence-electron chi connectivity index (χ2n) is 13.2. The first kappa shape index (κ1) is 30.3. The van der Waals surface area contributed by atoms with E-state index in [0.29, 0.717) is 11.8 Å². The number of benzene rings is 3. The summed E-state index contributed by atoms with van der Waals surface area (Å²) in [7, 11) is -1.80. The topological polar surface area (TPSA) is 0 Å². The highest BCUT2D eigenvalue weighted by atomic mass is 28.3. The van der Waals surface area contributed by atoms with E-state index in [9.17, 15) is 0 Å². The normalized spacial score (nSPS) is 19.1. The maximum atomic E-state index is 2.60. The van der Waals surface area contributed by atoms with Gasteiger partial charge in [0, 0.05) is 5.04 Å². The molecule has 0 amide bonds. The van der Waals surface area contributed by atoms with Crippen LogP contribution >= 0.6 is 0 Å². The Hall–Kier alpha value is -2.64. The van der Waals surface area contributed by atoms with E-state index in [1.54, 1.807) is 21.5 Å². The molecule has 0 radical (unpaired) electrons. The lowest BCUT2D eigenvalue weighted by Gasteiger charge is -2.40. The van der Waals surface area contributed by atoms with Crippen molar-refractivity contribution in [3.8, 4) is 0 Å². The molecule has 3 aromatic rings. The molecule has 1 aliphatic rings. The SMILES string of the molecule is CCC(C)c1cc(C2=C(C)C(C)=C(C)C2(C)[SiH](c2cc(C)cc(C)c2)c2cc(C)cc(C)c2)cc(C(C)CC)c1. The largest absolute Gasteiger partial charge is 0.117 e. The van der Waals surface area contributed by atoms with E-state index >= 15 is 0 Å². The molecule has 0 aliphatic heterocycles. The van der Waals surface area contributed by atoms with Gasteiger partial charge in [-0.05, 0) is 107 Å². The van der Waals surface area contributed by atoms with Crippen molar-refractivity contribution in [2.75, 3.05) is 0 Å². The summed E-state index contributed by atoms with van der Waals surface area (Å²) < 4.78 is 0. The van der Waals surface area contributed by atoms with E-state index in [1.807, 2.05) is 0 Å². The Morgan fingerprint density at radius 3 is 1.35 bits per heavy atom. The van der Waals surface area contributed by atoms with Crippen LogP contribution in [0, 0.1) is 27.7 Å². The maximum absolute atomic E-state index is 2.60. The van der Waals surface area contributed by atoms with Crippen molar-refractivity contribution in [2.24, 2.45) is 0 Å². The molecule has 4 rings (SSSR count). The fourth-order valence-electron chi connectivity index (χ4n) is 7.39. The first-order chi connectivity index (χ1) is 18.8. The van der Waals surface area contributed by atoms with Gasteiger partial charge >= 0.3 is 0 Å². The minimum atomic E-state index is -1.80. The molecule has 3 atom stereocenters. The lowest BCUT2D eigenvalue weighted by molar-refractivity contribution is 0.710. The lowest BCUT2D eigenvalue weighted by atomic mass is 9.84. The molecule has 0 bridgehead atoms. The molecule has 3 aromatic carbocycles. The van der Waals surface area contributed by atoms with Gasteiger partial charge in [0.15, 0.2) is 0 Å². The van der Waals surface area contributed by atoms with Gasteiger partial charge in [-0.25, -0.2) is 0 Å². The summed E-state index contributed by atoms with van der Waals surface area (Å²) in [6.45, 7) is 28.3. The van der Waals surface area contributed by atoms with Crippen LogP contribution in [-0.2, 0) is 0 Å². The lowest BCUT2D eigenvalue weighted by Crippen LogP contribution is -2.52. The molecule has 0 saturated heterocycles. The van der Waals surface area contributed by atoms with Gasteiger partial charge in [0.1, 0.15) is 8.80 Å². The van der Waals surface area contributed by atoms with Crippen LogP contribution in [0.4, 0.5) is 0 Å². The van der Waals surface area contributed by atoms with Crippen molar-refractivity contribution in [1.82, 2.24) is 0 Å². The van der Waals surface area contributed by atoms with Crippen LogP contribution in [0.3, 0.4) is 0 Å². The van der Waals surface area contributed by atoms with E-state index in [0.717, 1.165) is 12.8 Å². The minimum absolute atomic E-state index is 0.0323. The van der Waals surface area contributed by atoms with Crippen LogP contribution in [0.15, 0.2) is 71.3 Å². The first-order valence-electron chi connectivity index (χ1n) is 15.5. The van der Waals surface area contributed by atoms with Crippen LogP contribution in [0.1, 0.15) is 119 Å². The van der Waals surface area contributed by atoms with Crippen molar-refractivity contribution < 1.29 is 0 Å². The van der Waals surface area contributed by atoms with Crippen LogP contribution in [0.25, 0.3) is 5.57 Å². The molecule has 0 heterocycles. The Kier molecular flexibility index (Phi) is 8.86. The van der Waals surface area contributed by atoms with Crippen molar-refractivity contribution in [3.05, 3.63) is 110 Å². The number of hydrogen-bond donors (Lipinski definition) is 0. The zero-order valence-electron chi connectivity index (χ0n) is 27.3. The van der Waals surface area contributed by atoms with Gasteiger partial charge in [-0.3, -0.25) is 0 Å². The predicted octanol–water partition coefficient (Wildman–Crippen LogP) is 9.87. The average Bonchev–Trinajstić information content (AvgIpc) is 3.06. The van der Waals surface area contributed by atoms with E-state index in [-0.39, 0.29) is 5.04 Å². The monoisotopic (exact) mass is 548 g/mol. The second-order valence-corrected chi connectivity index (χ2v) is 16.6. The smallest absolute Gasteiger partial charge is 0.0648 e. The third kappa shape index (κ3) is 5.47. The Bertz CT molecular complexity index is 1360. The molecule has 40 heavy (non-hydrogen) atoms. The van der Waals surface area contributed by atoms with E-state index in [1.165, 1.54) is 50.1 Å². The first-order valence-corrected chi connectivity index (χ1v) is 17.3. The molecular formula is C39H52Si. The summed E-state index contributed by atoms with van der Waals surface area (Å²) in [5.74, 6) is 1.11. The molecule has 0 fully saturated rings. The molecule has 1 aliphatic carbocycles. The number of allylic oxidation sites excluding steroid dienone is 4. The van der Waals surface area contributed by atoms with Crippen molar-refractivity contribution in [3.63, 3.8) is 0 Å². The van der Waals surface area contributed by atoms with Crippen LogP contribution in [0.2, 0.25) is 5.04 Å². The third-order valence-corrected chi connectivity index (χ3v) is 14.0. The average molecular weight is 549 g/mol. The second kappa shape index (κ2) is 11.7. The van der Waals surface area contributed by atoms with Crippen LogP contribution < -0.4 is 10.4 Å². The van der Waals surface area contributed by atoms with E-state index < -0.39 is 8.80 Å². The maximum Gasteiger partial charge on any atom is 0.117 e. The molecule has 212 valence electrons. The fourth-order valence-corrected chi connectivity index (χ4v) is 12.1. The summed E-state index contributed by atoms with van der Waals surface area (Å²) in [5, 5.41) is 3.09. The quantitative estimate of drug-likeness (QED) is 0.246. The van der Waals surface area contributed by atoms with Crippen LogP contribution in [-0.4, -0.2) is 8.80 Å². The Morgan fingerprint density at radius 1 is 0.575 bits per heavy atom. The van der Waals surface area contributed by atoms with Crippen LogP contribution in [0.5, 0.6) is 0 Å². The molecule has 0 nitrogen and oxygen atoms in total. The molecule has 0 spiro atoms. The molecule has 1 heteroatoms. The van der Waals surface area contributed by atoms with Crippen molar-refractivity contribution in [1.29, 1.82) is 0 Å². The molecule has 0 aromatic heterocycles. The van der Waals surface area contributed by atoms with Gasteiger partial charge in [0.2, 0.25) is 0 Å². The summed E-state index contributed by atoms with van der Waals surface area (Å²) in [6.07, 6.45) is 2.33. The molecule has 3 unspecified atom stereocenters. The Balaban J connectivity index is 2.08. The van der Waals surface area contributed by atoms with E-state index in [4.69, 9.17) is 0 Å². The van der Waals surface area contributed by atoms with Gasteiger partial charge in [0.05, 0.1) is 0 Å². The third-order valence-electron chi connectivity index (χ3n) is 10.2. The highest BCUT2D eigenvalue weighted by Crippen LogP contribution is 2.58. The van der Waals surface area contributed by atoms with Gasteiger partial charge in [-0.2, -0.15) is 0 Å². The summed E-state index contributed by atoms with van der Waals surface area (Å²) in [6, 6.07) is 22.3. The van der Waals surface area contributed by atoms with Gasteiger partial charge in [-0.1, -0.05) is 127 Å². The zero-order valence-corrected chi connectivity index (χ0v) is 28.5. The Morgan fingerprint density at radius 2 is 0.975 bits per heavy atom. The molecular weight excluding hydrogens is 497 g/mol.